The summed E-state index contributed by atoms with van der Waals surface area (Å²) in [5.41, 5.74) is 11.5. The van der Waals surface area contributed by atoms with Gasteiger partial charge in [0.1, 0.15) is 5.75 Å². The molecule has 0 fully saturated rings. The molecule has 0 aliphatic heterocycles. The van der Waals surface area contributed by atoms with E-state index in [1.54, 1.807) is 0 Å². The number of guanidine groups is 1. The Labute approximate surface area is 114 Å². The molecule has 19 heavy (non-hydrogen) atoms. The summed E-state index contributed by atoms with van der Waals surface area (Å²) in [6, 6.07) is 7.90. The summed E-state index contributed by atoms with van der Waals surface area (Å²) in [5.74, 6) is 1.51. The van der Waals surface area contributed by atoms with Crippen LogP contribution in [0.5, 0.6) is 5.75 Å². The van der Waals surface area contributed by atoms with Gasteiger partial charge in [-0.2, -0.15) is 0 Å². The Kier molecular flexibility index (Phi) is 6.74. The quantitative estimate of drug-likeness (QED) is 0.424. The van der Waals surface area contributed by atoms with Gasteiger partial charge in [-0.15, -0.1) is 0 Å². The summed E-state index contributed by atoms with van der Waals surface area (Å²) in [6.07, 6.45) is 0. The fourth-order valence-corrected chi connectivity index (χ4v) is 1.37. The number of nitrogens with two attached hydrogens (primary N) is 2. The molecule has 0 atom stereocenters. The molecule has 5 nitrogen and oxygen atoms in total. The fourth-order valence-electron chi connectivity index (χ4n) is 1.37. The average molecular weight is 265 g/mol. The van der Waals surface area contributed by atoms with Gasteiger partial charge in [0.05, 0.1) is 26.4 Å². The zero-order valence-corrected chi connectivity index (χ0v) is 11.6. The summed E-state index contributed by atoms with van der Waals surface area (Å²) in [6.45, 7) is 6.51. The summed E-state index contributed by atoms with van der Waals surface area (Å²) >= 11 is 0. The maximum absolute atomic E-state index is 5.61. The second-order valence-corrected chi connectivity index (χ2v) is 4.71. The highest BCUT2D eigenvalue weighted by molar-refractivity contribution is 5.75. The Balaban J connectivity index is 2.26. The molecule has 0 aromatic heterocycles. The number of rotatable bonds is 8. The highest BCUT2D eigenvalue weighted by atomic mass is 16.5. The minimum absolute atomic E-state index is 0.0928. The van der Waals surface area contributed by atoms with E-state index in [0.29, 0.717) is 25.7 Å². The highest BCUT2D eigenvalue weighted by Gasteiger charge is 1.98. The van der Waals surface area contributed by atoms with Crippen molar-refractivity contribution in [1.82, 2.24) is 0 Å². The van der Waals surface area contributed by atoms with Crippen LogP contribution in [0.1, 0.15) is 19.4 Å². The fraction of sp³-hybridized carbons (Fsp3) is 0.500. The van der Waals surface area contributed by atoms with Crippen molar-refractivity contribution in [2.24, 2.45) is 22.4 Å². The second kappa shape index (κ2) is 8.37. The SMILES string of the molecule is CC(C)COc1ccc(COCCN=C(N)N)cc1. The maximum Gasteiger partial charge on any atom is 0.185 e. The Morgan fingerprint density at radius 1 is 1.21 bits per heavy atom. The van der Waals surface area contributed by atoms with Gasteiger partial charge < -0.3 is 20.9 Å². The molecule has 0 saturated carbocycles. The molecule has 0 saturated heterocycles. The van der Waals surface area contributed by atoms with E-state index in [-0.39, 0.29) is 5.96 Å². The predicted octanol–water partition coefficient (Wildman–Crippen LogP) is 1.51. The van der Waals surface area contributed by atoms with Gasteiger partial charge in [0, 0.05) is 0 Å². The molecular formula is C14H23N3O2. The minimum Gasteiger partial charge on any atom is -0.493 e. The molecule has 106 valence electrons. The second-order valence-electron chi connectivity index (χ2n) is 4.71. The molecule has 0 spiro atoms. The van der Waals surface area contributed by atoms with E-state index >= 15 is 0 Å². The van der Waals surface area contributed by atoms with E-state index in [0.717, 1.165) is 17.9 Å². The van der Waals surface area contributed by atoms with Crippen LogP contribution in [0, 0.1) is 5.92 Å². The van der Waals surface area contributed by atoms with E-state index < -0.39 is 0 Å². The van der Waals surface area contributed by atoms with Crippen molar-refractivity contribution in [3.8, 4) is 5.75 Å². The monoisotopic (exact) mass is 265 g/mol. The van der Waals surface area contributed by atoms with Crippen molar-refractivity contribution in [3.05, 3.63) is 29.8 Å². The van der Waals surface area contributed by atoms with Gasteiger partial charge in [0.15, 0.2) is 5.96 Å². The van der Waals surface area contributed by atoms with Crippen LogP contribution in [0.3, 0.4) is 0 Å². The zero-order valence-electron chi connectivity index (χ0n) is 11.6. The van der Waals surface area contributed by atoms with Crippen LogP contribution in [0.2, 0.25) is 0 Å². The van der Waals surface area contributed by atoms with Crippen molar-refractivity contribution >= 4 is 5.96 Å². The largest absolute Gasteiger partial charge is 0.493 e. The smallest absolute Gasteiger partial charge is 0.185 e. The van der Waals surface area contributed by atoms with Crippen molar-refractivity contribution < 1.29 is 9.47 Å². The van der Waals surface area contributed by atoms with Gasteiger partial charge in [-0.05, 0) is 23.6 Å². The number of nitrogens with zero attached hydrogens (tertiary/aromatic N) is 1. The topological polar surface area (TPSA) is 82.9 Å². The van der Waals surface area contributed by atoms with E-state index in [9.17, 15) is 0 Å². The Morgan fingerprint density at radius 2 is 1.89 bits per heavy atom. The molecule has 4 N–H and O–H groups in total. The summed E-state index contributed by atoms with van der Waals surface area (Å²) < 4.78 is 11.1. The van der Waals surface area contributed by atoms with Crippen LogP contribution in [0.15, 0.2) is 29.3 Å². The number of benzene rings is 1. The third-order valence-corrected chi connectivity index (χ3v) is 2.31. The lowest BCUT2D eigenvalue weighted by Gasteiger charge is -2.09. The van der Waals surface area contributed by atoms with Gasteiger partial charge >= 0.3 is 0 Å². The first-order valence-corrected chi connectivity index (χ1v) is 6.43. The van der Waals surface area contributed by atoms with Crippen molar-refractivity contribution in [3.63, 3.8) is 0 Å². The van der Waals surface area contributed by atoms with E-state index in [1.807, 2.05) is 24.3 Å². The molecule has 0 aliphatic carbocycles. The van der Waals surface area contributed by atoms with Crippen LogP contribution < -0.4 is 16.2 Å². The van der Waals surface area contributed by atoms with Crippen LogP contribution >= 0.6 is 0 Å². The van der Waals surface area contributed by atoms with Gasteiger partial charge in [-0.25, -0.2) is 0 Å². The minimum atomic E-state index is 0.0928. The molecular weight excluding hydrogens is 242 g/mol. The molecule has 0 aliphatic rings. The molecule has 0 radical (unpaired) electrons. The third-order valence-electron chi connectivity index (χ3n) is 2.31. The van der Waals surface area contributed by atoms with E-state index in [1.165, 1.54) is 0 Å². The van der Waals surface area contributed by atoms with Crippen LogP contribution in [0.25, 0.3) is 0 Å². The molecule has 1 rings (SSSR count). The standard InChI is InChI=1S/C14H23N3O2/c1-11(2)9-19-13-5-3-12(4-6-13)10-18-8-7-17-14(15)16/h3-6,11H,7-10H2,1-2H3,(H4,15,16,17). The van der Waals surface area contributed by atoms with Crippen LogP contribution in [-0.4, -0.2) is 25.7 Å². The van der Waals surface area contributed by atoms with Crippen molar-refractivity contribution in [1.29, 1.82) is 0 Å². The lowest BCUT2D eigenvalue weighted by molar-refractivity contribution is 0.128. The third kappa shape index (κ3) is 7.31. The first-order valence-electron chi connectivity index (χ1n) is 6.43. The van der Waals surface area contributed by atoms with Gasteiger partial charge in [0.25, 0.3) is 0 Å². The maximum atomic E-state index is 5.61. The molecule has 0 amide bonds. The lowest BCUT2D eigenvalue weighted by Crippen LogP contribution is -2.23. The van der Waals surface area contributed by atoms with Crippen molar-refractivity contribution in [2.45, 2.75) is 20.5 Å². The average Bonchev–Trinajstić information content (AvgIpc) is 2.37. The predicted molar refractivity (Wildman–Crippen MR) is 77.1 cm³/mol. The Hall–Kier alpha value is -1.75. The molecule has 5 heteroatoms. The van der Waals surface area contributed by atoms with Gasteiger partial charge in [0.2, 0.25) is 0 Å². The van der Waals surface area contributed by atoms with Gasteiger partial charge in [-0.3, -0.25) is 4.99 Å². The number of hydrogen-bond donors (Lipinski definition) is 2. The number of aliphatic imine (C=N–C) groups is 1. The molecule has 1 aromatic rings. The molecule has 1 aromatic carbocycles. The summed E-state index contributed by atoms with van der Waals surface area (Å²) in [4.78, 5) is 3.84. The first-order chi connectivity index (χ1) is 9.08. The normalized spacial score (nSPS) is 10.5. The Bertz CT molecular complexity index is 384. The van der Waals surface area contributed by atoms with E-state index in [2.05, 4.69) is 18.8 Å². The first kappa shape index (κ1) is 15.3. The zero-order chi connectivity index (χ0) is 14.1. The van der Waals surface area contributed by atoms with Crippen LogP contribution in [0.4, 0.5) is 0 Å². The molecule has 0 bridgehead atoms. The molecule has 0 unspecified atom stereocenters. The van der Waals surface area contributed by atoms with Crippen LogP contribution in [-0.2, 0) is 11.3 Å². The number of hydrogen-bond acceptors (Lipinski definition) is 3. The lowest BCUT2D eigenvalue weighted by atomic mass is 10.2. The summed E-state index contributed by atoms with van der Waals surface area (Å²) in [7, 11) is 0. The van der Waals surface area contributed by atoms with Crippen molar-refractivity contribution in [2.75, 3.05) is 19.8 Å². The van der Waals surface area contributed by atoms with E-state index in [4.69, 9.17) is 20.9 Å². The van der Waals surface area contributed by atoms with Gasteiger partial charge in [-0.1, -0.05) is 26.0 Å². The molecule has 0 heterocycles. The Morgan fingerprint density at radius 3 is 2.47 bits per heavy atom. The summed E-state index contributed by atoms with van der Waals surface area (Å²) in [5, 5.41) is 0. The number of ether oxygens (including phenoxy) is 2. The highest BCUT2D eigenvalue weighted by Crippen LogP contribution is 2.13.